The van der Waals surface area contributed by atoms with E-state index in [1.165, 1.54) is 12.1 Å². The number of carbonyl (C=O) groups is 2. The van der Waals surface area contributed by atoms with Gasteiger partial charge in [0.15, 0.2) is 5.78 Å². The van der Waals surface area contributed by atoms with E-state index < -0.39 is 23.5 Å². The quantitative estimate of drug-likeness (QED) is 0.469. The number of hydrogen-bond acceptors (Lipinski definition) is 3. The molecule has 5 heteroatoms. The van der Waals surface area contributed by atoms with E-state index in [0.717, 1.165) is 6.07 Å². The first-order valence-corrected chi connectivity index (χ1v) is 6.04. The minimum absolute atomic E-state index is 0.139. The monoisotopic (exact) mass is 272 g/mol. The second kappa shape index (κ2) is 6.50. The van der Waals surface area contributed by atoms with Crippen molar-refractivity contribution in [2.24, 2.45) is 5.92 Å². The fourth-order valence-electron chi connectivity index (χ4n) is 1.55. The third-order valence-corrected chi connectivity index (χ3v) is 2.79. The molecule has 1 unspecified atom stereocenters. The van der Waals surface area contributed by atoms with Gasteiger partial charge in [-0.3, -0.25) is 9.59 Å². The Labute approximate surface area is 110 Å². The number of halogens is 2. The van der Waals surface area contributed by atoms with Gasteiger partial charge in [-0.25, -0.2) is 4.39 Å². The van der Waals surface area contributed by atoms with E-state index in [2.05, 4.69) is 0 Å². The van der Waals surface area contributed by atoms with Crippen LogP contribution in [-0.4, -0.2) is 18.4 Å². The van der Waals surface area contributed by atoms with E-state index in [4.69, 9.17) is 16.3 Å². The van der Waals surface area contributed by atoms with E-state index in [0.29, 0.717) is 6.42 Å². The number of rotatable bonds is 5. The van der Waals surface area contributed by atoms with Gasteiger partial charge in [0.1, 0.15) is 11.7 Å². The van der Waals surface area contributed by atoms with Gasteiger partial charge in [0, 0.05) is 5.56 Å². The third kappa shape index (κ3) is 3.29. The van der Waals surface area contributed by atoms with Crippen molar-refractivity contribution in [2.75, 3.05) is 6.61 Å². The van der Waals surface area contributed by atoms with Crippen molar-refractivity contribution in [1.82, 2.24) is 0 Å². The molecule has 1 aromatic rings. The van der Waals surface area contributed by atoms with Crippen molar-refractivity contribution in [3.05, 3.63) is 34.6 Å². The number of benzene rings is 1. The van der Waals surface area contributed by atoms with Crippen molar-refractivity contribution < 1.29 is 18.7 Å². The molecule has 0 radical (unpaired) electrons. The van der Waals surface area contributed by atoms with Crippen LogP contribution in [0.5, 0.6) is 0 Å². The minimum atomic E-state index is -0.869. The number of Topliss-reactive ketones (excluding diaryl/α,β-unsaturated/α-hetero) is 1. The highest BCUT2D eigenvalue weighted by Crippen LogP contribution is 2.20. The van der Waals surface area contributed by atoms with Gasteiger partial charge in [0.25, 0.3) is 0 Å². The van der Waals surface area contributed by atoms with Crippen LogP contribution in [-0.2, 0) is 9.53 Å². The predicted molar refractivity (Wildman–Crippen MR) is 66.2 cm³/mol. The Bertz CT molecular complexity index is 460. The van der Waals surface area contributed by atoms with Gasteiger partial charge in [-0.2, -0.15) is 0 Å². The molecule has 0 aliphatic carbocycles. The second-order valence-corrected chi connectivity index (χ2v) is 4.11. The van der Waals surface area contributed by atoms with Gasteiger partial charge in [-0.15, -0.1) is 0 Å². The minimum Gasteiger partial charge on any atom is -0.465 e. The molecule has 1 atom stereocenters. The Kier molecular flexibility index (Phi) is 5.28. The molecule has 98 valence electrons. The molecule has 0 saturated carbocycles. The van der Waals surface area contributed by atoms with Crippen LogP contribution in [0.4, 0.5) is 4.39 Å². The summed E-state index contributed by atoms with van der Waals surface area (Å²) in [6, 6.07) is 3.64. The maximum Gasteiger partial charge on any atom is 0.316 e. The first-order valence-electron chi connectivity index (χ1n) is 5.67. The maximum atomic E-state index is 13.0. The average Bonchev–Trinajstić information content (AvgIpc) is 2.33. The molecule has 0 bridgehead atoms. The Balaban J connectivity index is 2.96. The maximum absolute atomic E-state index is 13.0. The summed E-state index contributed by atoms with van der Waals surface area (Å²) in [5.74, 6) is -2.44. The van der Waals surface area contributed by atoms with Gasteiger partial charge in [0.05, 0.1) is 11.6 Å². The highest BCUT2D eigenvalue weighted by atomic mass is 35.5. The number of carbonyl (C=O) groups excluding carboxylic acids is 2. The van der Waals surface area contributed by atoms with E-state index >= 15 is 0 Å². The summed E-state index contributed by atoms with van der Waals surface area (Å²) in [6.07, 6.45) is 0.326. The van der Waals surface area contributed by atoms with Crippen LogP contribution in [0.3, 0.4) is 0 Å². The fourth-order valence-corrected chi connectivity index (χ4v) is 1.73. The Morgan fingerprint density at radius 1 is 1.39 bits per heavy atom. The summed E-state index contributed by atoms with van der Waals surface area (Å²) < 4.78 is 17.8. The van der Waals surface area contributed by atoms with Crippen LogP contribution in [0.1, 0.15) is 30.6 Å². The van der Waals surface area contributed by atoms with Crippen LogP contribution in [0.2, 0.25) is 5.02 Å². The Morgan fingerprint density at radius 2 is 2.06 bits per heavy atom. The number of esters is 1. The van der Waals surface area contributed by atoms with Gasteiger partial charge in [0.2, 0.25) is 0 Å². The first kappa shape index (κ1) is 14.6. The van der Waals surface area contributed by atoms with Gasteiger partial charge in [-0.1, -0.05) is 18.5 Å². The van der Waals surface area contributed by atoms with Crippen molar-refractivity contribution in [3.8, 4) is 0 Å². The largest absolute Gasteiger partial charge is 0.465 e. The zero-order valence-electron chi connectivity index (χ0n) is 10.2. The standard InChI is InChI=1S/C13H14ClFO3/c1-3-9(13(17)18-4-2)12(16)8-5-6-11(15)10(14)7-8/h5-7,9H,3-4H2,1-2H3. The zero-order valence-corrected chi connectivity index (χ0v) is 11.0. The Hall–Kier alpha value is -1.42. The third-order valence-electron chi connectivity index (χ3n) is 2.50. The van der Waals surface area contributed by atoms with E-state index in [1.807, 2.05) is 0 Å². The topological polar surface area (TPSA) is 43.4 Å². The average molecular weight is 273 g/mol. The van der Waals surface area contributed by atoms with Gasteiger partial charge >= 0.3 is 5.97 Å². The lowest BCUT2D eigenvalue weighted by atomic mass is 9.95. The van der Waals surface area contributed by atoms with Crippen molar-refractivity contribution in [3.63, 3.8) is 0 Å². The highest BCUT2D eigenvalue weighted by molar-refractivity contribution is 6.31. The first-order chi connectivity index (χ1) is 8.51. The summed E-state index contributed by atoms with van der Waals surface area (Å²) in [5.41, 5.74) is 0.210. The summed E-state index contributed by atoms with van der Waals surface area (Å²) in [6.45, 7) is 3.60. The fraction of sp³-hybridized carbons (Fsp3) is 0.385. The highest BCUT2D eigenvalue weighted by Gasteiger charge is 2.27. The SMILES string of the molecule is CCOC(=O)C(CC)C(=O)c1ccc(F)c(Cl)c1. The summed E-state index contributed by atoms with van der Waals surface area (Å²) in [4.78, 5) is 23.7. The molecular formula is C13H14ClFO3. The molecular weight excluding hydrogens is 259 g/mol. The van der Waals surface area contributed by atoms with Crippen molar-refractivity contribution in [2.45, 2.75) is 20.3 Å². The molecule has 0 aliphatic heterocycles. The van der Waals surface area contributed by atoms with Crippen LogP contribution >= 0.6 is 11.6 Å². The van der Waals surface area contributed by atoms with E-state index in [1.54, 1.807) is 13.8 Å². The van der Waals surface area contributed by atoms with Gasteiger partial charge in [-0.05, 0) is 31.5 Å². The molecule has 0 aromatic heterocycles. The van der Waals surface area contributed by atoms with Crippen LogP contribution in [0.25, 0.3) is 0 Å². The molecule has 0 heterocycles. The molecule has 3 nitrogen and oxygen atoms in total. The molecule has 0 spiro atoms. The Morgan fingerprint density at radius 3 is 2.56 bits per heavy atom. The smallest absolute Gasteiger partial charge is 0.316 e. The van der Waals surface area contributed by atoms with E-state index in [9.17, 15) is 14.0 Å². The molecule has 1 rings (SSSR count). The number of ketones is 1. The molecule has 0 fully saturated rings. The summed E-state index contributed by atoms with van der Waals surface area (Å²) in [7, 11) is 0. The summed E-state index contributed by atoms with van der Waals surface area (Å²) >= 11 is 5.60. The zero-order chi connectivity index (χ0) is 13.7. The van der Waals surface area contributed by atoms with Crippen molar-refractivity contribution in [1.29, 1.82) is 0 Å². The number of ether oxygens (including phenoxy) is 1. The lowest BCUT2D eigenvalue weighted by Gasteiger charge is -2.12. The molecule has 18 heavy (non-hydrogen) atoms. The van der Waals surface area contributed by atoms with Crippen LogP contribution in [0, 0.1) is 11.7 Å². The molecule has 0 amide bonds. The lowest BCUT2D eigenvalue weighted by Crippen LogP contribution is -2.25. The molecule has 1 aromatic carbocycles. The molecule has 0 aliphatic rings. The second-order valence-electron chi connectivity index (χ2n) is 3.71. The summed E-state index contributed by atoms with van der Waals surface area (Å²) in [5, 5.41) is -0.139. The van der Waals surface area contributed by atoms with Gasteiger partial charge < -0.3 is 4.74 Å². The molecule has 0 N–H and O–H groups in total. The molecule has 0 saturated heterocycles. The van der Waals surface area contributed by atoms with Crippen LogP contribution < -0.4 is 0 Å². The van der Waals surface area contributed by atoms with Crippen LogP contribution in [0.15, 0.2) is 18.2 Å². The van der Waals surface area contributed by atoms with E-state index in [-0.39, 0.29) is 17.2 Å². The number of hydrogen-bond donors (Lipinski definition) is 0. The lowest BCUT2D eigenvalue weighted by molar-refractivity contribution is -0.146. The van der Waals surface area contributed by atoms with Crippen molar-refractivity contribution >= 4 is 23.4 Å². The normalized spacial score (nSPS) is 12.0. The predicted octanol–water partition coefficient (Wildman–Crippen LogP) is 3.25.